The second-order valence-corrected chi connectivity index (χ2v) is 9.35. The number of fused-ring (bicyclic) bond motifs is 1. The summed E-state index contributed by atoms with van der Waals surface area (Å²) in [5, 5.41) is 0. The van der Waals surface area contributed by atoms with Gasteiger partial charge < -0.3 is 19.4 Å². The number of hydrogen-bond acceptors (Lipinski definition) is 4. The van der Waals surface area contributed by atoms with Gasteiger partial charge in [-0.05, 0) is 53.8 Å². The molecule has 2 heterocycles. The van der Waals surface area contributed by atoms with Crippen LogP contribution in [0.15, 0.2) is 42.5 Å². The van der Waals surface area contributed by atoms with Crippen molar-refractivity contribution in [1.82, 2.24) is 14.7 Å². The van der Waals surface area contributed by atoms with Crippen molar-refractivity contribution >= 4 is 17.7 Å². The molecule has 0 aromatic heterocycles. The summed E-state index contributed by atoms with van der Waals surface area (Å²) in [4.78, 5) is 42.9. The largest absolute Gasteiger partial charge is 0.481 e. The van der Waals surface area contributed by atoms with Crippen LogP contribution in [0.4, 0.5) is 4.39 Å². The van der Waals surface area contributed by atoms with Gasteiger partial charge in [-0.3, -0.25) is 14.4 Å². The Balaban J connectivity index is 1.59. The van der Waals surface area contributed by atoms with Crippen molar-refractivity contribution in [3.05, 3.63) is 65.0 Å². The molecule has 0 saturated carbocycles. The summed E-state index contributed by atoms with van der Waals surface area (Å²) in [6.45, 7) is 7.84. The number of rotatable bonds is 6. The first-order valence-corrected chi connectivity index (χ1v) is 12.7. The Kier molecular flexibility index (Phi) is 7.91. The van der Waals surface area contributed by atoms with Crippen molar-refractivity contribution in [2.75, 3.05) is 32.7 Å². The molecule has 2 aliphatic heterocycles. The molecule has 2 aromatic carbocycles. The minimum absolute atomic E-state index is 0.00699. The van der Waals surface area contributed by atoms with E-state index in [-0.39, 0.29) is 23.5 Å². The van der Waals surface area contributed by atoms with Crippen molar-refractivity contribution in [1.29, 1.82) is 0 Å². The Morgan fingerprint density at radius 3 is 2.36 bits per heavy atom. The minimum atomic E-state index is -0.656. The van der Waals surface area contributed by atoms with Gasteiger partial charge in [-0.15, -0.1) is 0 Å². The molecule has 4 rings (SSSR count). The summed E-state index contributed by atoms with van der Waals surface area (Å²) in [5.41, 5.74) is 2.68. The van der Waals surface area contributed by atoms with Crippen LogP contribution in [0.25, 0.3) is 0 Å². The summed E-state index contributed by atoms with van der Waals surface area (Å²) in [5.74, 6) is 0.124. The maximum absolute atomic E-state index is 14.1. The van der Waals surface area contributed by atoms with Gasteiger partial charge in [0.25, 0.3) is 5.91 Å². The van der Waals surface area contributed by atoms with Crippen LogP contribution in [0, 0.1) is 5.82 Å². The van der Waals surface area contributed by atoms with Crippen molar-refractivity contribution in [3.63, 3.8) is 0 Å². The number of hydrogen-bond donors (Lipinski definition) is 0. The minimum Gasteiger partial charge on any atom is -0.481 e. The van der Waals surface area contributed by atoms with Crippen LogP contribution < -0.4 is 4.74 Å². The fourth-order valence-corrected chi connectivity index (χ4v) is 5.09. The topological polar surface area (TPSA) is 70.2 Å². The maximum Gasteiger partial charge on any atom is 0.263 e. The van der Waals surface area contributed by atoms with Crippen LogP contribution in [0.5, 0.6) is 5.75 Å². The molecule has 0 spiro atoms. The van der Waals surface area contributed by atoms with E-state index in [0.29, 0.717) is 63.3 Å². The zero-order valence-electron chi connectivity index (χ0n) is 21.2. The normalized spacial score (nSPS) is 18.4. The lowest BCUT2D eigenvalue weighted by molar-refractivity contribution is -0.143. The van der Waals surface area contributed by atoms with E-state index in [1.54, 1.807) is 20.8 Å². The van der Waals surface area contributed by atoms with Crippen LogP contribution in [0.3, 0.4) is 0 Å². The first-order valence-electron chi connectivity index (χ1n) is 12.7. The van der Waals surface area contributed by atoms with Crippen molar-refractivity contribution < 1.29 is 23.5 Å². The average molecular weight is 496 g/mol. The highest BCUT2D eigenvalue weighted by Gasteiger charge is 2.33. The molecule has 192 valence electrons. The zero-order valence-corrected chi connectivity index (χ0v) is 21.2. The molecule has 0 bridgehead atoms. The third kappa shape index (κ3) is 5.37. The first-order chi connectivity index (χ1) is 17.3. The number of carbonyl (C=O) groups excluding carboxylic acids is 3. The molecule has 3 amide bonds. The molecule has 36 heavy (non-hydrogen) atoms. The molecular formula is C28H34FN3O4. The Labute approximate surface area is 211 Å². The summed E-state index contributed by atoms with van der Waals surface area (Å²) in [6, 6.07) is 11.7. The van der Waals surface area contributed by atoms with E-state index in [2.05, 4.69) is 0 Å². The molecule has 1 fully saturated rings. The van der Waals surface area contributed by atoms with E-state index in [9.17, 15) is 18.8 Å². The number of nitrogens with zero attached hydrogens (tertiary/aromatic N) is 3. The van der Waals surface area contributed by atoms with Crippen LogP contribution in [0.2, 0.25) is 0 Å². The third-order valence-electron chi connectivity index (χ3n) is 7.09. The predicted octanol–water partition coefficient (Wildman–Crippen LogP) is 3.56. The fourth-order valence-electron chi connectivity index (χ4n) is 5.09. The van der Waals surface area contributed by atoms with Crippen LogP contribution in [-0.4, -0.2) is 71.2 Å². The van der Waals surface area contributed by atoms with Crippen LogP contribution >= 0.6 is 0 Å². The lowest BCUT2D eigenvalue weighted by Crippen LogP contribution is -2.53. The summed E-state index contributed by atoms with van der Waals surface area (Å²) < 4.78 is 20.3. The summed E-state index contributed by atoms with van der Waals surface area (Å²) >= 11 is 0. The van der Waals surface area contributed by atoms with Gasteiger partial charge in [-0.25, -0.2) is 4.39 Å². The lowest BCUT2D eigenvalue weighted by atomic mass is 9.87. The molecule has 0 unspecified atom stereocenters. The smallest absolute Gasteiger partial charge is 0.263 e. The molecule has 8 heteroatoms. The monoisotopic (exact) mass is 495 g/mol. The molecule has 0 N–H and O–H groups in total. The molecule has 2 atom stereocenters. The molecule has 1 saturated heterocycles. The Bertz CT molecular complexity index is 1130. The third-order valence-corrected chi connectivity index (χ3v) is 7.09. The van der Waals surface area contributed by atoms with Crippen LogP contribution in [-0.2, 0) is 20.8 Å². The fraction of sp³-hybridized carbons (Fsp3) is 0.464. The first kappa shape index (κ1) is 25.7. The molecular weight excluding hydrogens is 461 g/mol. The molecule has 0 radical (unpaired) electrons. The van der Waals surface area contributed by atoms with Gasteiger partial charge in [0.2, 0.25) is 11.8 Å². The van der Waals surface area contributed by atoms with Crippen molar-refractivity contribution in [2.24, 2.45) is 0 Å². The summed E-state index contributed by atoms with van der Waals surface area (Å²) in [7, 11) is 0. The highest BCUT2D eigenvalue weighted by atomic mass is 19.1. The van der Waals surface area contributed by atoms with E-state index in [4.69, 9.17) is 4.74 Å². The number of halogens is 1. The Hall–Kier alpha value is -3.42. The highest BCUT2D eigenvalue weighted by Crippen LogP contribution is 2.38. The highest BCUT2D eigenvalue weighted by molar-refractivity contribution is 5.82. The quantitative estimate of drug-likeness (QED) is 0.615. The van der Waals surface area contributed by atoms with E-state index in [0.717, 1.165) is 11.1 Å². The lowest BCUT2D eigenvalue weighted by Gasteiger charge is -2.38. The Morgan fingerprint density at radius 1 is 1.00 bits per heavy atom. The van der Waals surface area contributed by atoms with Gasteiger partial charge in [0.15, 0.2) is 6.10 Å². The SMILES string of the molecule is CCC(=O)N1CCc2ccc(O[C@@H](CC)C(=O)N3CCN(C(C)=O)CC3)cc2[C@H]1c1cccc(F)c1. The average Bonchev–Trinajstić information content (AvgIpc) is 2.90. The van der Waals surface area contributed by atoms with E-state index in [1.165, 1.54) is 19.1 Å². The van der Waals surface area contributed by atoms with Crippen molar-refractivity contribution in [2.45, 2.75) is 52.2 Å². The van der Waals surface area contributed by atoms with E-state index < -0.39 is 12.1 Å². The zero-order chi connectivity index (χ0) is 25.8. The molecule has 7 nitrogen and oxygen atoms in total. The predicted molar refractivity (Wildman–Crippen MR) is 134 cm³/mol. The van der Waals surface area contributed by atoms with Gasteiger partial charge in [-0.1, -0.05) is 32.0 Å². The number of piperazine rings is 1. The van der Waals surface area contributed by atoms with E-state index >= 15 is 0 Å². The number of benzene rings is 2. The number of carbonyl (C=O) groups is 3. The van der Waals surface area contributed by atoms with E-state index in [1.807, 2.05) is 38.1 Å². The molecule has 2 aliphatic rings. The van der Waals surface area contributed by atoms with Gasteiger partial charge in [-0.2, -0.15) is 0 Å². The Morgan fingerprint density at radius 2 is 1.72 bits per heavy atom. The molecule has 2 aromatic rings. The maximum atomic E-state index is 14.1. The number of ether oxygens (including phenoxy) is 1. The van der Waals surface area contributed by atoms with Crippen molar-refractivity contribution in [3.8, 4) is 5.75 Å². The van der Waals surface area contributed by atoms with Gasteiger partial charge in [0.1, 0.15) is 11.6 Å². The molecule has 0 aliphatic carbocycles. The summed E-state index contributed by atoms with van der Waals surface area (Å²) in [6.07, 6.45) is 0.901. The van der Waals surface area contributed by atoms with Gasteiger partial charge in [0, 0.05) is 46.1 Å². The second kappa shape index (κ2) is 11.1. The van der Waals surface area contributed by atoms with Gasteiger partial charge >= 0.3 is 0 Å². The van der Waals surface area contributed by atoms with Crippen LogP contribution in [0.1, 0.15) is 56.3 Å². The standard InChI is InChI=1S/C28H34FN3O4/c1-4-25(28(35)31-15-13-30(14-16-31)19(3)33)36-23-10-9-20-11-12-32(26(34)5-2)27(24(20)18-23)21-7-6-8-22(29)17-21/h6-10,17-18,25,27H,4-5,11-16H2,1-3H3/t25-,27+/m0/s1. The number of amides is 3. The second-order valence-electron chi connectivity index (χ2n) is 9.35. The van der Waals surface area contributed by atoms with Gasteiger partial charge in [0.05, 0.1) is 6.04 Å².